The van der Waals surface area contributed by atoms with Crippen LogP contribution < -0.4 is 0 Å². The molecule has 0 spiro atoms. The number of aromatic nitrogens is 1. The van der Waals surface area contributed by atoms with Crippen molar-refractivity contribution < 1.29 is 14.3 Å². The second kappa shape index (κ2) is 9.07. The molecule has 1 N–H and O–H groups in total. The third-order valence-corrected chi connectivity index (χ3v) is 4.44. The van der Waals surface area contributed by atoms with Gasteiger partial charge in [-0.05, 0) is 31.0 Å². The second-order valence-corrected chi connectivity index (χ2v) is 6.32. The SMILES string of the molecule is O=C(N=Nc1c(O)n(CCCCCCF)c2ccccc12)c1ccccc1. The molecule has 0 aliphatic heterocycles. The number of amides is 1. The molecular weight excluding hydrogens is 345 g/mol. The first-order valence-corrected chi connectivity index (χ1v) is 9.09. The monoisotopic (exact) mass is 367 g/mol. The molecule has 0 unspecified atom stereocenters. The van der Waals surface area contributed by atoms with Gasteiger partial charge in [0.2, 0.25) is 5.88 Å². The van der Waals surface area contributed by atoms with E-state index >= 15 is 0 Å². The van der Waals surface area contributed by atoms with E-state index in [1.165, 1.54) is 0 Å². The van der Waals surface area contributed by atoms with Crippen molar-refractivity contribution in [1.29, 1.82) is 0 Å². The van der Waals surface area contributed by atoms with Gasteiger partial charge in [0.25, 0.3) is 5.91 Å². The van der Waals surface area contributed by atoms with Crippen LogP contribution in [0.2, 0.25) is 0 Å². The number of fused-ring (bicyclic) bond motifs is 1. The van der Waals surface area contributed by atoms with Crippen LogP contribution >= 0.6 is 0 Å². The molecule has 27 heavy (non-hydrogen) atoms. The van der Waals surface area contributed by atoms with Crippen LogP contribution in [-0.2, 0) is 6.54 Å². The van der Waals surface area contributed by atoms with E-state index in [1.807, 2.05) is 30.3 Å². The Morgan fingerprint density at radius 2 is 1.67 bits per heavy atom. The molecule has 0 radical (unpaired) electrons. The van der Waals surface area contributed by atoms with Crippen LogP contribution in [0.4, 0.5) is 10.1 Å². The summed E-state index contributed by atoms with van der Waals surface area (Å²) in [6.45, 7) is 0.304. The van der Waals surface area contributed by atoms with E-state index in [0.29, 0.717) is 24.2 Å². The minimum absolute atomic E-state index is 0.00805. The number of aromatic hydroxyl groups is 1. The molecule has 1 amide bonds. The first-order chi connectivity index (χ1) is 13.2. The predicted molar refractivity (Wildman–Crippen MR) is 103 cm³/mol. The van der Waals surface area contributed by atoms with Gasteiger partial charge in [-0.1, -0.05) is 49.2 Å². The topological polar surface area (TPSA) is 66.9 Å². The Hall–Kier alpha value is -3.02. The lowest BCUT2D eigenvalue weighted by atomic mass is 10.2. The molecule has 1 aromatic heterocycles. The van der Waals surface area contributed by atoms with Crippen LogP contribution in [0.1, 0.15) is 36.0 Å². The molecule has 5 nitrogen and oxygen atoms in total. The summed E-state index contributed by atoms with van der Waals surface area (Å²) in [4.78, 5) is 12.2. The number of alkyl halides is 1. The molecule has 0 atom stereocenters. The Labute approximate surface area is 157 Å². The summed E-state index contributed by atoms with van der Waals surface area (Å²) in [5.41, 5.74) is 1.57. The van der Waals surface area contributed by atoms with Crippen LogP contribution in [-0.4, -0.2) is 22.3 Å². The Morgan fingerprint density at radius 3 is 2.44 bits per heavy atom. The average Bonchev–Trinajstić information content (AvgIpc) is 2.98. The molecule has 0 fully saturated rings. The number of aryl methyl sites for hydroxylation is 1. The van der Waals surface area contributed by atoms with E-state index in [4.69, 9.17) is 0 Å². The number of hydrogen-bond acceptors (Lipinski definition) is 3. The molecule has 140 valence electrons. The minimum atomic E-state index is -0.460. The molecule has 1 heterocycles. The van der Waals surface area contributed by atoms with Crippen LogP contribution in [0.3, 0.4) is 0 Å². The molecular formula is C21H22FN3O2. The molecule has 0 saturated heterocycles. The average molecular weight is 367 g/mol. The highest BCUT2D eigenvalue weighted by Gasteiger charge is 2.16. The zero-order chi connectivity index (χ0) is 19.1. The Kier molecular flexibility index (Phi) is 6.30. The van der Waals surface area contributed by atoms with Crippen LogP contribution in [0.15, 0.2) is 64.8 Å². The minimum Gasteiger partial charge on any atom is -0.493 e. The van der Waals surface area contributed by atoms with Gasteiger partial charge in [0, 0.05) is 17.5 Å². The molecule has 0 aliphatic rings. The second-order valence-electron chi connectivity index (χ2n) is 6.32. The van der Waals surface area contributed by atoms with Crippen LogP contribution in [0, 0.1) is 0 Å². The van der Waals surface area contributed by atoms with Gasteiger partial charge < -0.3 is 9.67 Å². The lowest BCUT2D eigenvalue weighted by molar-refractivity contribution is 0.0995. The number of carbonyl (C=O) groups excluding carboxylic acids is 1. The summed E-state index contributed by atoms with van der Waals surface area (Å²) >= 11 is 0. The number of nitrogens with zero attached hydrogens (tertiary/aromatic N) is 3. The molecule has 3 aromatic rings. The lowest BCUT2D eigenvalue weighted by Crippen LogP contribution is -1.97. The largest absolute Gasteiger partial charge is 0.493 e. The zero-order valence-corrected chi connectivity index (χ0v) is 15.0. The molecule has 0 aliphatic carbocycles. The highest BCUT2D eigenvalue weighted by atomic mass is 19.1. The van der Waals surface area contributed by atoms with Gasteiger partial charge in [-0.15, -0.1) is 10.2 Å². The fourth-order valence-electron chi connectivity index (χ4n) is 3.05. The number of rotatable bonds is 8. The van der Waals surface area contributed by atoms with Crippen molar-refractivity contribution in [2.75, 3.05) is 6.67 Å². The standard InChI is InChI=1S/C21H22FN3O2/c22-14-8-1-2-9-15-25-18-13-7-6-12-17(18)19(21(25)27)23-24-20(26)16-10-4-3-5-11-16/h3-7,10-13,27H,1-2,8-9,14-15H2. The number of unbranched alkanes of at least 4 members (excludes halogenated alkanes) is 3. The highest BCUT2D eigenvalue weighted by molar-refractivity contribution is 5.97. The summed E-state index contributed by atoms with van der Waals surface area (Å²) < 4.78 is 14.0. The van der Waals surface area contributed by atoms with E-state index in [1.54, 1.807) is 28.8 Å². The van der Waals surface area contributed by atoms with Gasteiger partial charge >= 0.3 is 0 Å². The summed E-state index contributed by atoms with van der Waals surface area (Å²) in [7, 11) is 0. The van der Waals surface area contributed by atoms with Gasteiger partial charge in [0.15, 0.2) is 5.69 Å². The van der Waals surface area contributed by atoms with Gasteiger partial charge in [-0.25, -0.2) is 0 Å². The first kappa shape index (κ1) is 18.8. The van der Waals surface area contributed by atoms with Crippen molar-refractivity contribution in [3.8, 4) is 5.88 Å². The van der Waals surface area contributed by atoms with Crippen LogP contribution in [0.25, 0.3) is 10.9 Å². The summed E-state index contributed by atoms with van der Waals surface area (Å²) in [5.74, 6) is -0.468. The summed E-state index contributed by atoms with van der Waals surface area (Å²) in [6, 6.07) is 16.2. The third kappa shape index (κ3) is 4.39. The van der Waals surface area contributed by atoms with Gasteiger partial charge in [-0.3, -0.25) is 9.18 Å². The molecule has 6 heteroatoms. The van der Waals surface area contributed by atoms with Crippen LogP contribution in [0.5, 0.6) is 5.88 Å². The molecule has 0 bridgehead atoms. The lowest BCUT2D eigenvalue weighted by Gasteiger charge is -2.06. The van der Waals surface area contributed by atoms with E-state index < -0.39 is 5.91 Å². The Bertz CT molecular complexity index is 935. The first-order valence-electron chi connectivity index (χ1n) is 9.09. The van der Waals surface area contributed by atoms with E-state index in [0.717, 1.165) is 30.2 Å². The maximum absolute atomic E-state index is 12.2. The quantitative estimate of drug-likeness (QED) is 0.404. The molecule has 2 aromatic carbocycles. The fraction of sp³-hybridized carbons (Fsp3) is 0.286. The molecule has 0 saturated carbocycles. The smallest absolute Gasteiger partial charge is 0.295 e. The van der Waals surface area contributed by atoms with E-state index in [-0.39, 0.29) is 12.6 Å². The predicted octanol–water partition coefficient (Wildman–Crippen LogP) is 5.80. The Morgan fingerprint density at radius 1 is 0.963 bits per heavy atom. The maximum Gasteiger partial charge on any atom is 0.295 e. The summed E-state index contributed by atoms with van der Waals surface area (Å²) in [6.07, 6.45) is 3.11. The number of benzene rings is 2. The van der Waals surface area contributed by atoms with E-state index in [9.17, 15) is 14.3 Å². The van der Waals surface area contributed by atoms with Crippen molar-refractivity contribution >= 4 is 22.5 Å². The normalized spacial score (nSPS) is 11.4. The number of hydrogen-bond donors (Lipinski definition) is 1. The van der Waals surface area contributed by atoms with Crippen molar-refractivity contribution in [2.24, 2.45) is 10.2 Å². The summed E-state index contributed by atoms with van der Waals surface area (Å²) in [5, 5.41) is 19.2. The number of halogens is 1. The third-order valence-electron chi connectivity index (χ3n) is 4.44. The highest BCUT2D eigenvalue weighted by Crippen LogP contribution is 2.39. The number of carbonyl (C=O) groups is 1. The molecule has 3 rings (SSSR count). The Balaban J connectivity index is 1.84. The number of azo groups is 1. The van der Waals surface area contributed by atoms with E-state index in [2.05, 4.69) is 10.2 Å². The van der Waals surface area contributed by atoms with Gasteiger partial charge in [0.1, 0.15) is 0 Å². The van der Waals surface area contributed by atoms with Gasteiger partial charge in [0.05, 0.1) is 12.2 Å². The van der Waals surface area contributed by atoms with Crippen molar-refractivity contribution in [2.45, 2.75) is 32.2 Å². The number of para-hydroxylation sites is 1. The fourth-order valence-corrected chi connectivity index (χ4v) is 3.05. The van der Waals surface area contributed by atoms with Crippen molar-refractivity contribution in [1.82, 2.24) is 4.57 Å². The van der Waals surface area contributed by atoms with Crippen molar-refractivity contribution in [3.63, 3.8) is 0 Å². The van der Waals surface area contributed by atoms with Crippen molar-refractivity contribution in [3.05, 3.63) is 60.2 Å². The zero-order valence-electron chi connectivity index (χ0n) is 15.0. The maximum atomic E-state index is 12.2. The van der Waals surface area contributed by atoms with Gasteiger partial charge in [-0.2, -0.15) is 0 Å².